The van der Waals surface area contributed by atoms with Gasteiger partial charge in [-0.25, -0.2) is 9.97 Å². The Morgan fingerprint density at radius 2 is 2.11 bits per heavy atom. The number of aromatic nitrogens is 2. The van der Waals surface area contributed by atoms with E-state index in [9.17, 15) is 4.79 Å². The van der Waals surface area contributed by atoms with Crippen molar-refractivity contribution >= 4 is 23.4 Å². The van der Waals surface area contributed by atoms with Gasteiger partial charge in [0.1, 0.15) is 11.4 Å². The maximum Gasteiger partial charge on any atom is 0.303 e. The monoisotopic (exact) mass is 271 g/mol. The third-order valence-corrected chi connectivity index (χ3v) is 2.41. The Balaban J connectivity index is 2.81. The van der Waals surface area contributed by atoms with Gasteiger partial charge in [-0.05, 0) is 32.4 Å². The molecule has 0 saturated heterocycles. The number of carbonyl (C=O) groups is 1. The normalized spacial score (nSPS) is 11.2. The highest BCUT2D eigenvalue weighted by Crippen LogP contribution is 2.18. The van der Waals surface area contributed by atoms with Gasteiger partial charge in [-0.1, -0.05) is 0 Å². The predicted octanol–water partition coefficient (Wildman–Crippen LogP) is 2.22. The van der Waals surface area contributed by atoms with Gasteiger partial charge >= 0.3 is 5.97 Å². The van der Waals surface area contributed by atoms with Gasteiger partial charge in [0, 0.05) is 25.7 Å². The van der Waals surface area contributed by atoms with Gasteiger partial charge < -0.3 is 9.64 Å². The maximum absolute atomic E-state index is 11.0. The van der Waals surface area contributed by atoms with E-state index in [0.29, 0.717) is 12.4 Å². The van der Waals surface area contributed by atoms with Crippen molar-refractivity contribution in [3.8, 4) is 0 Å². The molecule has 0 unspecified atom stereocenters. The van der Waals surface area contributed by atoms with Crippen LogP contribution in [0.2, 0.25) is 5.28 Å². The average molecular weight is 272 g/mol. The molecular weight excluding hydrogens is 254 g/mol. The Morgan fingerprint density at radius 1 is 1.50 bits per heavy atom. The lowest BCUT2D eigenvalue weighted by Gasteiger charge is -2.30. The average Bonchev–Trinajstić information content (AvgIpc) is 2.12. The number of halogens is 1. The topological polar surface area (TPSA) is 55.3 Å². The summed E-state index contributed by atoms with van der Waals surface area (Å²) in [6.45, 7) is 7.45. The fourth-order valence-electron chi connectivity index (χ4n) is 1.79. The SMILES string of the molecule is CC(=O)OC(C)(C)CN(C)c1cc(C)nc(Cl)n1. The quantitative estimate of drug-likeness (QED) is 0.621. The summed E-state index contributed by atoms with van der Waals surface area (Å²) in [4.78, 5) is 21.0. The third-order valence-electron chi connectivity index (χ3n) is 2.24. The van der Waals surface area contributed by atoms with Crippen molar-refractivity contribution < 1.29 is 9.53 Å². The molecule has 0 fully saturated rings. The number of esters is 1. The van der Waals surface area contributed by atoms with Crippen LogP contribution in [-0.4, -0.2) is 35.1 Å². The number of ether oxygens (including phenoxy) is 1. The molecule has 0 spiro atoms. The van der Waals surface area contributed by atoms with Crippen molar-refractivity contribution in [2.75, 3.05) is 18.5 Å². The fourth-order valence-corrected chi connectivity index (χ4v) is 2.01. The second-order valence-corrected chi connectivity index (χ2v) is 5.18. The van der Waals surface area contributed by atoms with E-state index < -0.39 is 5.60 Å². The molecule has 0 N–H and O–H groups in total. The zero-order chi connectivity index (χ0) is 13.9. The highest BCUT2D eigenvalue weighted by Gasteiger charge is 2.24. The van der Waals surface area contributed by atoms with Gasteiger partial charge in [-0.3, -0.25) is 4.79 Å². The van der Waals surface area contributed by atoms with E-state index in [-0.39, 0.29) is 11.3 Å². The fraction of sp³-hybridized carbons (Fsp3) is 0.583. The Hall–Kier alpha value is -1.36. The summed E-state index contributed by atoms with van der Waals surface area (Å²) in [5, 5.41) is 0.210. The first-order chi connectivity index (χ1) is 8.19. The molecule has 0 bridgehead atoms. The van der Waals surface area contributed by atoms with E-state index in [4.69, 9.17) is 16.3 Å². The maximum atomic E-state index is 11.0. The van der Waals surface area contributed by atoms with E-state index in [1.54, 1.807) is 0 Å². The van der Waals surface area contributed by atoms with Crippen LogP contribution in [0.15, 0.2) is 6.07 Å². The number of carbonyl (C=O) groups excluding carboxylic acids is 1. The molecule has 0 radical (unpaired) electrons. The molecule has 1 aromatic rings. The van der Waals surface area contributed by atoms with Crippen molar-refractivity contribution in [3.63, 3.8) is 0 Å². The van der Waals surface area contributed by atoms with Crippen molar-refractivity contribution in [1.82, 2.24) is 9.97 Å². The van der Waals surface area contributed by atoms with Crippen molar-refractivity contribution in [1.29, 1.82) is 0 Å². The number of rotatable bonds is 4. The van der Waals surface area contributed by atoms with E-state index in [1.165, 1.54) is 6.92 Å². The molecule has 0 saturated carbocycles. The standard InChI is InChI=1S/C12H18ClN3O2/c1-8-6-10(15-11(13)14-8)16(5)7-12(3,4)18-9(2)17/h6H,7H2,1-5H3. The van der Waals surface area contributed by atoms with Crippen LogP contribution in [0.1, 0.15) is 26.5 Å². The van der Waals surface area contributed by atoms with E-state index in [2.05, 4.69) is 9.97 Å². The molecule has 6 heteroatoms. The van der Waals surface area contributed by atoms with Crippen LogP contribution in [0.3, 0.4) is 0 Å². The minimum absolute atomic E-state index is 0.210. The van der Waals surface area contributed by atoms with Gasteiger partial charge in [-0.15, -0.1) is 0 Å². The first-order valence-electron chi connectivity index (χ1n) is 5.61. The smallest absolute Gasteiger partial charge is 0.303 e. The van der Waals surface area contributed by atoms with Crippen molar-refractivity contribution in [2.24, 2.45) is 0 Å². The molecule has 1 aromatic heterocycles. The molecule has 0 aliphatic carbocycles. The number of hydrogen-bond acceptors (Lipinski definition) is 5. The van der Waals surface area contributed by atoms with E-state index >= 15 is 0 Å². The first kappa shape index (κ1) is 14.7. The molecule has 100 valence electrons. The number of anilines is 1. The Morgan fingerprint density at radius 3 is 2.61 bits per heavy atom. The largest absolute Gasteiger partial charge is 0.458 e. The zero-order valence-electron chi connectivity index (χ0n) is 11.3. The Labute approximate surface area is 112 Å². The lowest BCUT2D eigenvalue weighted by molar-refractivity contribution is -0.152. The van der Waals surface area contributed by atoms with Crippen LogP contribution in [0.4, 0.5) is 5.82 Å². The molecule has 1 rings (SSSR count). The van der Waals surface area contributed by atoms with Crippen molar-refractivity contribution in [2.45, 2.75) is 33.3 Å². The molecule has 0 amide bonds. The van der Waals surface area contributed by atoms with Gasteiger partial charge in [0.25, 0.3) is 0 Å². The minimum atomic E-state index is -0.591. The first-order valence-corrected chi connectivity index (χ1v) is 5.99. The molecule has 0 aliphatic heterocycles. The number of likely N-dealkylation sites (N-methyl/N-ethyl adjacent to an activating group) is 1. The van der Waals surface area contributed by atoms with Crippen LogP contribution in [0.5, 0.6) is 0 Å². The lowest BCUT2D eigenvalue weighted by atomic mass is 10.1. The van der Waals surface area contributed by atoms with Crippen LogP contribution < -0.4 is 4.90 Å². The summed E-state index contributed by atoms with van der Waals surface area (Å²) >= 11 is 5.82. The van der Waals surface area contributed by atoms with Crippen LogP contribution in [-0.2, 0) is 9.53 Å². The van der Waals surface area contributed by atoms with Gasteiger partial charge in [0.2, 0.25) is 5.28 Å². The number of nitrogens with zero attached hydrogens (tertiary/aromatic N) is 3. The third kappa shape index (κ3) is 4.49. The van der Waals surface area contributed by atoms with Crippen LogP contribution in [0, 0.1) is 6.92 Å². The number of aryl methyl sites for hydroxylation is 1. The molecular formula is C12H18ClN3O2. The second-order valence-electron chi connectivity index (χ2n) is 4.85. The highest BCUT2D eigenvalue weighted by atomic mass is 35.5. The molecule has 0 atom stereocenters. The summed E-state index contributed by atoms with van der Waals surface area (Å²) in [6.07, 6.45) is 0. The van der Waals surface area contributed by atoms with Crippen LogP contribution in [0.25, 0.3) is 0 Å². The summed E-state index contributed by atoms with van der Waals surface area (Å²) in [5.41, 5.74) is 0.202. The van der Waals surface area contributed by atoms with Crippen molar-refractivity contribution in [3.05, 3.63) is 17.0 Å². The minimum Gasteiger partial charge on any atom is -0.458 e. The highest BCUT2D eigenvalue weighted by molar-refractivity contribution is 6.28. The zero-order valence-corrected chi connectivity index (χ0v) is 12.1. The molecule has 0 aromatic carbocycles. The van der Waals surface area contributed by atoms with Gasteiger partial charge in [0.05, 0.1) is 6.54 Å². The van der Waals surface area contributed by atoms with Crippen LogP contribution >= 0.6 is 11.6 Å². The summed E-state index contributed by atoms with van der Waals surface area (Å²) in [5.74, 6) is 0.401. The molecule has 1 heterocycles. The second kappa shape index (κ2) is 5.52. The summed E-state index contributed by atoms with van der Waals surface area (Å²) in [6, 6.07) is 1.83. The molecule has 0 aliphatic rings. The molecule has 5 nitrogen and oxygen atoms in total. The Bertz CT molecular complexity index is 429. The van der Waals surface area contributed by atoms with E-state index in [0.717, 1.165) is 5.69 Å². The summed E-state index contributed by atoms with van der Waals surface area (Å²) < 4.78 is 5.23. The number of hydrogen-bond donors (Lipinski definition) is 0. The lowest BCUT2D eigenvalue weighted by Crippen LogP contribution is -2.40. The van der Waals surface area contributed by atoms with Gasteiger partial charge in [0.15, 0.2) is 0 Å². The predicted molar refractivity (Wildman–Crippen MR) is 70.9 cm³/mol. The van der Waals surface area contributed by atoms with Gasteiger partial charge in [-0.2, -0.15) is 0 Å². The van der Waals surface area contributed by atoms with E-state index in [1.807, 2.05) is 38.8 Å². The Kier molecular flexibility index (Phi) is 4.51. The molecule has 18 heavy (non-hydrogen) atoms. The summed E-state index contributed by atoms with van der Waals surface area (Å²) in [7, 11) is 1.86.